The van der Waals surface area contributed by atoms with E-state index >= 15 is 0 Å². The lowest BCUT2D eigenvalue weighted by Gasteiger charge is -2.27. The Labute approximate surface area is 174 Å². The Hall–Kier alpha value is -1.75. The van der Waals surface area contributed by atoms with E-state index in [2.05, 4.69) is 5.32 Å². The van der Waals surface area contributed by atoms with Crippen LogP contribution in [0.1, 0.15) is 29.8 Å². The van der Waals surface area contributed by atoms with E-state index in [1.807, 2.05) is 13.8 Å². The van der Waals surface area contributed by atoms with Crippen LogP contribution in [0.5, 0.6) is 0 Å². The van der Waals surface area contributed by atoms with Crippen LogP contribution in [0.4, 0.5) is 0 Å². The molecule has 0 aromatic heterocycles. The number of amides is 2. The SMILES string of the molecule is CC(C)C(NC(=O)c1ccccc1Cl)C(=O)N(C)Cc1ccc(Cl)cc1Cl. The number of likely N-dealkylation sites (N-methyl/N-ethyl adjacent to an activating group) is 1. The molecule has 1 atom stereocenters. The number of hydrogen-bond donors (Lipinski definition) is 1. The Balaban J connectivity index is 2.14. The second kappa shape index (κ2) is 9.45. The zero-order chi connectivity index (χ0) is 20.1. The molecule has 0 saturated heterocycles. The number of hydrogen-bond acceptors (Lipinski definition) is 2. The topological polar surface area (TPSA) is 49.4 Å². The van der Waals surface area contributed by atoms with Crippen molar-refractivity contribution in [2.24, 2.45) is 5.92 Å². The Kier molecular flexibility index (Phi) is 7.54. The Morgan fingerprint density at radius 1 is 1.04 bits per heavy atom. The first-order valence-corrected chi connectivity index (χ1v) is 9.58. The van der Waals surface area contributed by atoms with Crippen molar-refractivity contribution >= 4 is 46.6 Å². The second-order valence-corrected chi connectivity index (χ2v) is 7.86. The van der Waals surface area contributed by atoms with Crippen molar-refractivity contribution in [3.63, 3.8) is 0 Å². The summed E-state index contributed by atoms with van der Waals surface area (Å²) in [6.07, 6.45) is 0. The molecule has 0 heterocycles. The van der Waals surface area contributed by atoms with Gasteiger partial charge in [0.05, 0.1) is 10.6 Å². The van der Waals surface area contributed by atoms with Gasteiger partial charge in [0.15, 0.2) is 0 Å². The molecule has 2 aromatic carbocycles. The fraction of sp³-hybridized carbons (Fsp3) is 0.300. The summed E-state index contributed by atoms with van der Waals surface area (Å²) < 4.78 is 0. The minimum absolute atomic E-state index is 0.105. The lowest BCUT2D eigenvalue weighted by molar-refractivity contribution is -0.133. The summed E-state index contributed by atoms with van der Waals surface area (Å²) in [5.74, 6) is -0.700. The summed E-state index contributed by atoms with van der Waals surface area (Å²) in [6.45, 7) is 4.05. The molecule has 0 saturated carbocycles. The third kappa shape index (κ3) is 5.61. The molecule has 7 heteroatoms. The predicted molar refractivity (Wildman–Crippen MR) is 110 cm³/mol. The molecule has 0 spiro atoms. The van der Waals surface area contributed by atoms with Crippen molar-refractivity contribution in [1.29, 1.82) is 0 Å². The van der Waals surface area contributed by atoms with Crippen LogP contribution >= 0.6 is 34.8 Å². The van der Waals surface area contributed by atoms with Crippen LogP contribution in [0.2, 0.25) is 15.1 Å². The molecule has 144 valence electrons. The third-order valence-electron chi connectivity index (χ3n) is 4.14. The van der Waals surface area contributed by atoms with E-state index in [9.17, 15) is 9.59 Å². The quantitative estimate of drug-likeness (QED) is 0.700. The van der Waals surface area contributed by atoms with Crippen molar-refractivity contribution in [2.75, 3.05) is 7.05 Å². The molecular weight excluding hydrogens is 407 g/mol. The Morgan fingerprint density at radius 2 is 1.70 bits per heavy atom. The minimum atomic E-state index is -0.690. The summed E-state index contributed by atoms with van der Waals surface area (Å²) >= 11 is 18.2. The lowest BCUT2D eigenvalue weighted by atomic mass is 10.0. The van der Waals surface area contributed by atoms with Crippen LogP contribution < -0.4 is 5.32 Å². The molecule has 0 aliphatic rings. The number of benzene rings is 2. The molecule has 2 rings (SSSR count). The molecule has 0 aliphatic heterocycles. The molecule has 0 bridgehead atoms. The third-order valence-corrected chi connectivity index (χ3v) is 5.05. The lowest BCUT2D eigenvalue weighted by Crippen LogP contribution is -2.50. The molecular formula is C20H21Cl3N2O2. The van der Waals surface area contributed by atoms with Crippen molar-refractivity contribution in [1.82, 2.24) is 10.2 Å². The molecule has 4 nitrogen and oxygen atoms in total. The maximum absolute atomic E-state index is 12.9. The minimum Gasteiger partial charge on any atom is -0.340 e. The summed E-state index contributed by atoms with van der Waals surface area (Å²) in [4.78, 5) is 27.0. The van der Waals surface area contributed by atoms with Gasteiger partial charge in [-0.25, -0.2) is 0 Å². The molecule has 0 fully saturated rings. The van der Waals surface area contributed by atoms with Gasteiger partial charge in [-0.05, 0) is 35.7 Å². The van der Waals surface area contributed by atoms with Crippen LogP contribution in [0.15, 0.2) is 42.5 Å². The van der Waals surface area contributed by atoms with Gasteiger partial charge in [-0.15, -0.1) is 0 Å². The number of nitrogens with zero attached hydrogens (tertiary/aromatic N) is 1. The number of nitrogens with one attached hydrogen (secondary N) is 1. The van der Waals surface area contributed by atoms with Crippen LogP contribution in [0.3, 0.4) is 0 Å². The van der Waals surface area contributed by atoms with Gasteiger partial charge < -0.3 is 10.2 Å². The van der Waals surface area contributed by atoms with Crippen molar-refractivity contribution in [3.05, 3.63) is 68.7 Å². The summed E-state index contributed by atoms with van der Waals surface area (Å²) in [7, 11) is 1.67. The average molecular weight is 428 g/mol. The predicted octanol–water partition coefficient (Wildman–Crippen LogP) is 5.06. The highest BCUT2D eigenvalue weighted by molar-refractivity contribution is 6.35. The van der Waals surface area contributed by atoms with Gasteiger partial charge in [-0.1, -0.05) is 66.8 Å². The summed E-state index contributed by atoms with van der Waals surface area (Å²) in [6, 6.07) is 11.2. The van der Waals surface area contributed by atoms with Crippen LogP contribution in [0, 0.1) is 5.92 Å². The van der Waals surface area contributed by atoms with E-state index < -0.39 is 6.04 Å². The monoisotopic (exact) mass is 426 g/mol. The first kappa shape index (κ1) is 21.5. The van der Waals surface area contributed by atoms with Crippen molar-refractivity contribution in [2.45, 2.75) is 26.4 Å². The fourth-order valence-electron chi connectivity index (χ4n) is 2.60. The van der Waals surface area contributed by atoms with Gasteiger partial charge in [0.2, 0.25) is 5.91 Å². The molecule has 0 radical (unpaired) electrons. The average Bonchev–Trinajstić information content (AvgIpc) is 2.61. The highest BCUT2D eigenvalue weighted by Gasteiger charge is 2.28. The zero-order valence-electron chi connectivity index (χ0n) is 15.3. The van der Waals surface area contributed by atoms with Gasteiger partial charge in [0, 0.05) is 23.6 Å². The standard InChI is InChI=1S/C20H21Cl3N2O2/c1-12(2)18(24-19(26)15-6-4-5-7-16(15)22)20(27)25(3)11-13-8-9-14(21)10-17(13)23/h4-10,12,18H,11H2,1-3H3,(H,24,26). The largest absolute Gasteiger partial charge is 0.340 e. The highest BCUT2D eigenvalue weighted by atomic mass is 35.5. The van der Waals surface area contributed by atoms with E-state index in [0.717, 1.165) is 5.56 Å². The van der Waals surface area contributed by atoms with Gasteiger partial charge in [0.25, 0.3) is 5.91 Å². The zero-order valence-corrected chi connectivity index (χ0v) is 17.6. The van der Waals surface area contributed by atoms with Gasteiger partial charge >= 0.3 is 0 Å². The molecule has 27 heavy (non-hydrogen) atoms. The summed E-state index contributed by atoms with van der Waals surface area (Å²) in [5, 5.41) is 4.16. The fourth-order valence-corrected chi connectivity index (χ4v) is 3.29. The smallest absolute Gasteiger partial charge is 0.253 e. The van der Waals surface area contributed by atoms with E-state index in [1.165, 1.54) is 4.90 Å². The number of carbonyl (C=O) groups excluding carboxylic acids is 2. The van der Waals surface area contributed by atoms with E-state index in [0.29, 0.717) is 27.2 Å². The van der Waals surface area contributed by atoms with Crippen LogP contribution in [-0.2, 0) is 11.3 Å². The first-order valence-electron chi connectivity index (χ1n) is 8.45. The molecule has 1 unspecified atom stereocenters. The van der Waals surface area contributed by atoms with Gasteiger partial charge in [-0.2, -0.15) is 0 Å². The van der Waals surface area contributed by atoms with Gasteiger partial charge in [-0.3, -0.25) is 9.59 Å². The van der Waals surface area contributed by atoms with E-state index in [-0.39, 0.29) is 17.7 Å². The second-order valence-electron chi connectivity index (χ2n) is 6.61. The summed E-state index contributed by atoms with van der Waals surface area (Å²) in [5.41, 5.74) is 1.11. The van der Waals surface area contributed by atoms with Gasteiger partial charge in [0.1, 0.15) is 6.04 Å². The van der Waals surface area contributed by atoms with Crippen LogP contribution in [0.25, 0.3) is 0 Å². The molecule has 1 N–H and O–H groups in total. The number of halogens is 3. The van der Waals surface area contributed by atoms with Crippen molar-refractivity contribution < 1.29 is 9.59 Å². The van der Waals surface area contributed by atoms with Crippen molar-refractivity contribution in [3.8, 4) is 0 Å². The molecule has 2 amide bonds. The number of carbonyl (C=O) groups is 2. The maximum atomic E-state index is 12.9. The first-order chi connectivity index (χ1) is 12.7. The number of rotatable bonds is 6. The Morgan fingerprint density at radius 3 is 2.30 bits per heavy atom. The molecule has 0 aliphatic carbocycles. The van der Waals surface area contributed by atoms with E-state index in [1.54, 1.807) is 49.5 Å². The Bertz CT molecular complexity index is 840. The van der Waals surface area contributed by atoms with E-state index in [4.69, 9.17) is 34.8 Å². The normalized spacial score (nSPS) is 12.0. The highest BCUT2D eigenvalue weighted by Crippen LogP contribution is 2.22. The van der Waals surface area contributed by atoms with Crippen LogP contribution in [-0.4, -0.2) is 29.8 Å². The maximum Gasteiger partial charge on any atom is 0.253 e. The molecule has 2 aromatic rings.